The number of hydrogen-bond acceptors (Lipinski definition) is 4. The van der Waals surface area contributed by atoms with Crippen molar-refractivity contribution in [3.8, 4) is 11.5 Å². The fourth-order valence-electron chi connectivity index (χ4n) is 1.00. The molecule has 72 valence electrons. The van der Waals surface area contributed by atoms with Gasteiger partial charge in [-0.05, 0) is 6.07 Å². The van der Waals surface area contributed by atoms with Crippen LogP contribution in [-0.2, 0) is 6.54 Å². The molecule has 0 spiro atoms. The molecule has 4 nitrogen and oxygen atoms in total. The summed E-state index contributed by atoms with van der Waals surface area (Å²) in [6.07, 6.45) is 0. The van der Waals surface area contributed by atoms with Gasteiger partial charge in [-0.2, -0.15) is 0 Å². The molecule has 13 heavy (non-hydrogen) atoms. The van der Waals surface area contributed by atoms with Gasteiger partial charge in [-0.25, -0.2) is 9.87 Å². The lowest BCUT2D eigenvalue weighted by Crippen LogP contribution is -2.07. The predicted molar refractivity (Wildman–Crippen MR) is 43.2 cm³/mol. The Morgan fingerprint density at radius 2 is 2.23 bits per heavy atom. The molecule has 0 fully saturated rings. The smallest absolute Gasteiger partial charge is 0.168 e. The van der Waals surface area contributed by atoms with Crippen LogP contribution >= 0.6 is 0 Å². The summed E-state index contributed by atoms with van der Waals surface area (Å²) in [4.78, 5) is 0. The quantitative estimate of drug-likeness (QED) is 0.618. The Labute approximate surface area is 74.5 Å². The lowest BCUT2D eigenvalue weighted by atomic mass is 10.2. The Morgan fingerprint density at radius 1 is 1.54 bits per heavy atom. The fourth-order valence-corrected chi connectivity index (χ4v) is 1.00. The minimum Gasteiger partial charge on any atom is -0.505 e. The summed E-state index contributed by atoms with van der Waals surface area (Å²) >= 11 is 0. The van der Waals surface area contributed by atoms with Gasteiger partial charge in [0, 0.05) is 18.2 Å². The Morgan fingerprint density at radius 3 is 2.77 bits per heavy atom. The Kier molecular flexibility index (Phi) is 3.05. The van der Waals surface area contributed by atoms with E-state index in [1.807, 2.05) is 5.48 Å². The average molecular weight is 187 g/mol. The highest BCUT2D eigenvalue weighted by Crippen LogP contribution is 2.26. The Balaban J connectivity index is 3.09. The number of nitrogens with one attached hydrogen (secondary N) is 1. The Bertz CT molecular complexity index is 304. The lowest BCUT2D eigenvalue weighted by molar-refractivity contribution is 0.160. The second-order valence-electron chi connectivity index (χ2n) is 2.45. The predicted octanol–water partition coefficient (Wildman–Crippen LogP) is 1.02. The van der Waals surface area contributed by atoms with Crippen LogP contribution in [-0.4, -0.2) is 17.4 Å². The SMILES string of the molecule is COc1cc(F)c(O)cc1CNO. The topological polar surface area (TPSA) is 61.7 Å². The molecule has 0 bridgehead atoms. The normalized spacial score (nSPS) is 10.1. The van der Waals surface area contributed by atoms with E-state index in [0.29, 0.717) is 5.56 Å². The van der Waals surface area contributed by atoms with Gasteiger partial charge in [0.25, 0.3) is 0 Å². The first-order valence-electron chi connectivity index (χ1n) is 3.61. The molecule has 0 aliphatic heterocycles. The highest BCUT2D eigenvalue weighted by Gasteiger charge is 2.08. The summed E-state index contributed by atoms with van der Waals surface area (Å²) in [7, 11) is 1.38. The van der Waals surface area contributed by atoms with Gasteiger partial charge in [0.2, 0.25) is 0 Å². The number of aromatic hydroxyl groups is 1. The zero-order valence-electron chi connectivity index (χ0n) is 7.04. The van der Waals surface area contributed by atoms with Crippen LogP contribution in [0.25, 0.3) is 0 Å². The van der Waals surface area contributed by atoms with Crippen molar-refractivity contribution >= 4 is 0 Å². The van der Waals surface area contributed by atoms with Crippen LogP contribution in [0.1, 0.15) is 5.56 Å². The molecular weight excluding hydrogens is 177 g/mol. The molecular formula is C8H10FNO3. The fraction of sp³-hybridized carbons (Fsp3) is 0.250. The second kappa shape index (κ2) is 4.06. The maximum Gasteiger partial charge on any atom is 0.168 e. The van der Waals surface area contributed by atoms with E-state index in [1.54, 1.807) is 0 Å². The molecule has 0 radical (unpaired) electrons. The largest absolute Gasteiger partial charge is 0.505 e. The van der Waals surface area contributed by atoms with Crippen LogP contribution < -0.4 is 10.2 Å². The summed E-state index contributed by atoms with van der Waals surface area (Å²) in [6, 6.07) is 2.25. The van der Waals surface area contributed by atoms with Gasteiger partial charge in [-0.15, -0.1) is 0 Å². The monoisotopic (exact) mass is 187 g/mol. The van der Waals surface area contributed by atoms with Gasteiger partial charge < -0.3 is 15.1 Å². The van der Waals surface area contributed by atoms with Crippen molar-refractivity contribution in [1.29, 1.82) is 0 Å². The van der Waals surface area contributed by atoms with Crippen molar-refractivity contribution in [2.45, 2.75) is 6.54 Å². The number of phenols is 1. The summed E-state index contributed by atoms with van der Waals surface area (Å²) in [5.74, 6) is -0.943. The van der Waals surface area contributed by atoms with Gasteiger partial charge in [-0.1, -0.05) is 0 Å². The second-order valence-corrected chi connectivity index (χ2v) is 2.45. The van der Waals surface area contributed by atoms with Crippen molar-refractivity contribution in [3.05, 3.63) is 23.5 Å². The standard InChI is InChI=1S/C8H10FNO3/c1-13-8-3-6(9)7(11)2-5(8)4-10-12/h2-3,10-12H,4H2,1H3. The zero-order chi connectivity index (χ0) is 9.84. The highest BCUT2D eigenvalue weighted by molar-refractivity contribution is 5.40. The Hall–Kier alpha value is -1.33. The van der Waals surface area contributed by atoms with Crippen molar-refractivity contribution in [2.24, 2.45) is 0 Å². The number of ether oxygens (including phenoxy) is 1. The van der Waals surface area contributed by atoms with Gasteiger partial charge >= 0.3 is 0 Å². The molecule has 0 amide bonds. The summed E-state index contributed by atoms with van der Waals surface area (Å²) in [5.41, 5.74) is 2.37. The molecule has 0 aliphatic carbocycles. The lowest BCUT2D eigenvalue weighted by Gasteiger charge is -2.08. The van der Waals surface area contributed by atoms with Gasteiger partial charge in [-0.3, -0.25) is 0 Å². The molecule has 3 N–H and O–H groups in total. The van der Waals surface area contributed by atoms with E-state index in [9.17, 15) is 4.39 Å². The number of hydrogen-bond donors (Lipinski definition) is 3. The van der Waals surface area contributed by atoms with Gasteiger partial charge in [0.1, 0.15) is 5.75 Å². The molecule has 0 heterocycles. The number of hydroxylamine groups is 1. The molecule has 1 aromatic carbocycles. The van der Waals surface area contributed by atoms with Crippen molar-refractivity contribution < 1.29 is 19.4 Å². The average Bonchev–Trinajstić information content (AvgIpc) is 2.11. The van der Waals surface area contributed by atoms with Crippen LogP contribution in [0.3, 0.4) is 0 Å². The molecule has 0 atom stereocenters. The number of halogens is 1. The number of benzene rings is 1. The van der Waals surface area contributed by atoms with E-state index in [4.69, 9.17) is 15.1 Å². The van der Waals surface area contributed by atoms with Crippen LogP contribution in [0, 0.1) is 5.82 Å². The van der Waals surface area contributed by atoms with Crippen molar-refractivity contribution in [3.63, 3.8) is 0 Å². The summed E-state index contributed by atoms with van der Waals surface area (Å²) < 4.78 is 17.6. The minimum absolute atomic E-state index is 0.0804. The first kappa shape index (κ1) is 9.76. The molecule has 1 rings (SSSR count). The summed E-state index contributed by atoms with van der Waals surface area (Å²) in [5, 5.41) is 17.4. The molecule has 0 aromatic heterocycles. The zero-order valence-corrected chi connectivity index (χ0v) is 7.04. The molecule has 1 aromatic rings. The van der Waals surface area contributed by atoms with E-state index in [2.05, 4.69) is 0 Å². The number of methoxy groups -OCH3 is 1. The highest BCUT2D eigenvalue weighted by atomic mass is 19.1. The third kappa shape index (κ3) is 2.07. The first-order chi connectivity index (χ1) is 6.19. The van der Waals surface area contributed by atoms with E-state index in [-0.39, 0.29) is 12.3 Å². The van der Waals surface area contributed by atoms with Crippen LogP contribution in [0.15, 0.2) is 12.1 Å². The third-order valence-corrected chi connectivity index (χ3v) is 1.62. The summed E-state index contributed by atoms with van der Waals surface area (Å²) in [6.45, 7) is 0.0804. The maximum absolute atomic E-state index is 12.8. The molecule has 0 unspecified atom stereocenters. The molecule has 0 saturated heterocycles. The minimum atomic E-state index is -0.751. The number of phenolic OH excluding ortho intramolecular Hbond substituents is 1. The molecule has 0 saturated carbocycles. The van der Waals surface area contributed by atoms with Crippen LogP contribution in [0.2, 0.25) is 0 Å². The maximum atomic E-state index is 12.8. The van der Waals surface area contributed by atoms with Crippen molar-refractivity contribution in [2.75, 3.05) is 7.11 Å². The van der Waals surface area contributed by atoms with Crippen LogP contribution in [0.5, 0.6) is 11.5 Å². The molecule has 5 heteroatoms. The number of rotatable bonds is 3. The van der Waals surface area contributed by atoms with Crippen molar-refractivity contribution in [1.82, 2.24) is 5.48 Å². The van der Waals surface area contributed by atoms with E-state index < -0.39 is 11.6 Å². The van der Waals surface area contributed by atoms with E-state index >= 15 is 0 Å². The first-order valence-corrected chi connectivity index (χ1v) is 3.61. The van der Waals surface area contributed by atoms with Gasteiger partial charge in [0.15, 0.2) is 11.6 Å². The third-order valence-electron chi connectivity index (χ3n) is 1.62. The van der Waals surface area contributed by atoms with Gasteiger partial charge in [0.05, 0.1) is 7.11 Å². The van der Waals surface area contributed by atoms with Crippen LogP contribution in [0.4, 0.5) is 4.39 Å². The van der Waals surface area contributed by atoms with E-state index in [1.165, 1.54) is 13.2 Å². The van der Waals surface area contributed by atoms with E-state index in [0.717, 1.165) is 6.07 Å². The molecule has 0 aliphatic rings.